The van der Waals surface area contributed by atoms with Crippen molar-refractivity contribution in [3.63, 3.8) is 0 Å². The number of carbonyl (C=O) groups excluding carboxylic acids is 1. The van der Waals surface area contributed by atoms with Crippen molar-refractivity contribution in [2.75, 3.05) is 59.6 Å². The lowest BCUT2D eigenvalue weighted by Crippen LogP contribution is -2.24. The van der Waals surface area contributed by atoms with Crippen molar-refractivity contribution < 1.29 is 24.1 Å². The minimum atomic E-state index is -0.172. The lowest BCUT2D eigenvalue weighted by Gasteiger charge is -2.27. The predicted molar refractivity (Wildman–Crippen MR) is 199 cm³/mol. The third kappa shape index (κ3) is 10.4. The summed E-state index contributed by atoms with van der Waals surface area (Å²) in [7, 11) is 1.64. The molecule has 0 saturated heterocycles. The number of phenolic OH excluding ortho intramolecular Hbond substituents is 1. The van der Waals surface area contributed by atoms with Crippen LogP contribution in [0.2, 0.25) is 0 Å². The molecule has 0 heterocycles. The highest BCUT2D eigenvalue weighted by molar-refractivity contribution is 6.15. The van der Waals surface area contributed by atoms with Gasteiger partial charge in [-0.15, -0.1) is 0 Å². The maximum Gasteiger partial charge on any atom is 0.197 e. The van der Waals surface area contributed by atoms with Crippen LogP contribution in [0.15, 0.2) is 35.4 Å². The third-order valence-corrected chi connectivity index (χ3v) is 9.38. The smallest absolute Gasteiger partial charge is 0.197 e. The number of ketones is 1. The molecule has 3 rings (SSSR count). The predicted octanol–water partition coefficient (Wildman–Crippen LogP) is 8.56. The Balaban J connectivity index is 2.00. The Kier molecular flexibility index (Phi) is 16.0. The van der Waals surface area contributed by atoms with Gasteiger partial charge >= 0.3 is 0 Å². The van der Waals surface area contributed by atoms with Crippen molar-refractivity contribution in [2.24, 2.45) is 0 Å². The van der Waals surface area contributed by atoms with Crippen LogP contribution < -0.4 is 14.2 Å². The van der Waals surface area contributed by atoms with Crippen LogP contribution >= 0.6 is 0 Å². The molecule has 2 aromatic rings. The first kappa shape index (κ1) is 39.2. The number of phenols is 1. The molecule has 0 saturated carbocycles. The second-order valence-corrected chi connectivity index (χ2v) is 13.3. The van der Waals surface area contributed by atoms with Crippen LogP contribution in [-0.2, 0) is 19.3 Å². The van der Waals surface area contributed by atoms with Crippen molar-refractivity contribution in [3.8, 4) is 23.0 Å². The molecule has 0 aliphatic heterocycles. The van der Waals surface area contributed by atoms with E-state index in [0.717, 1.165) is 92.8 Å². The molecule has 7 nitrogen and oxygen atoms in total. The highest BCUT2D eigenvalue weighted by atomic mass is 16.5. The first-order valence-electron chi connectivity index (χ1n) is 18.2. The highest BCUT2D eigenvalue weighted by Crippen LogP contribution is 2.45. The standard InChI is InChI=1S/C41H62N2O5/c1-10-42(11-2)22-14-16-24-47-35-27-32-26-31-28-36(48-25-17-15-23-43(12-3)13-4)41(46-9)34(21-19-30(7)8)37(31)40(45)38(32)39(44)33(35)20-18-29(5)6/h18-19,27-28,44H,10-17,20-26H2,1-9H3. The van der Waals surface area contributed by atoms with E-state index in [4.69, 9.17) is 14.2 Å². The monoisotopic (exact) mass is 662 g/mol. The number of benzene rings is 2. The number of rotatable bonds is 21. The van der Waals surface area contributed by atoms with Crippen molar-refractivity contribution >= 4 is 5.78 Å². The van der Waals surface area contributed by atoms with E-state index in [2.05, 4.69) is 63.5 Å². The summed E-state index contributed by atoms with van der Waals surface area (Å²) in [6, 6.07) is 3.97. The fraction of sp³-hybridized carbons (Fsp3) is 0.585. The van der Waals surface area contributed by atoms with E-state index in [9.17, 15) is 9.90 Å². The summed E-state index contributed by atoms with van der Waals surface area (Å²) < 4.78 is 18.7. The number of aromatic hydroxyl groups is 1. The highest BCUT2D eigenvalue weighted by Gasteiger charge is 2.34. The molecule has 0 fully saturated rings. The van der Waals surface area contributed by atoms with Gasteiger partial charge in [0.1, 0.15) is 11.5 Å². The molecule has 1 aliphatic rings. The average Bonchev–Trinajstić information content (AvgIpc) is 3.06. The van der Waals surface area contributed by atoms with Gasteiger partial charge in [0.2, 0.25) is 0 Å². The van der Waals surface area contributed by atoms with Crippen LogP contribution in [0.3, 0.4) is 0 Å². The summed E-state index contributed by atoms with van der Waals surface area (Å²) >= 11 is 0. The fourth-order valence-electron chi connectivity index (χ4n) is 6.42. The second-order valence-electron chi connectivity index (χ2n) is 13.3. The minimum absolute atomic E-state index is 0.0273. The summed E-state index contributed by atoms with van der Waals surface area (Å²) in [5.41, 5.74) is 6.43. The maximum atomic E-state index is 14.5. The van der Waals surface area contributed by atoms with Crippen molar-refractivity contribution in [1.29, 1.82) is 0 Å². The zero-order valence-corrected chi connectivity index (χ0v) is 31.4. The number of unbranched alkanes of at least 4 members (excludes halogenated alkanes) is 2. The Bertz CT molecular complexity index is 1410. The Labute approximate surface area is 291 Å². The van der Waals surface area contributed by atoms with E-state index in [1.54, 1.807) is 7.11 Å². The van der Waals surface area contributed by atoms with E-state index < -0.39 is 0 Å². The fourth-order valence-corrected chi connectivity index (χ4v) is 6.42. The first-order valence-corrected chi connectivity index (χ1v) is 18.2. The number of methoxy groups -OCH3 is 1. The molecular weight excluding hydrogens is 600 g/mol. The van der Waals surface area contributed by atoms with Gasteiger partial charge in [0.05, 0.1) is 25.9 Å². The molecule has 0 bridgehead atoms. The molecule has 1 N–H and O–H groups in total. The molecule has 0 unspecified atom stereocenters. The summed E-state index contributed by atoms with van der Waals surface area (Å²) in [5, 5.41) is 11.8. The van der Waals surface area contributed by atoms with Gasteiger partial charge in [-0.3, -0.25) is 4.79 Å². The first-order chi connectivity index (χ1) is 23.1. The zero-order chi connectivity index (χ0) is 35.2. The van der Waals surface area contributed by atoms with Crippen LogP contribution in [0.4, 0.5) is 0 Å². The molecular formula is C41H62N2O5. The number of allylic oxidation sites excluding steroid dienone is 4. The van der Waals surface area contributed by atoms with E-state index >= 15 is 0 Å². The zero-order valence-electron chi connectivity index (χ0n) is 31.4. The Morgan fingerprint density at radius 3 is 1.71 bits per heavy atom. The topological polar surface area (TPSA) is 71.5 Å². The van der Waals surface area contributed by atoms with E-state index in [1.807, 2.05) is 26.0 Å². The van der Waals surface area contributed by atoms with Crippen LogP contribution in [0, 0.1) is 0 Å². The Hall–Kier alpha value is -3.29. The Morgan fingerprint density at radius 2 is 1.21 bits per heavy atom. The van der Waals surface area contributed by atoms with Crippen LogP contribution in [0.25, 0.3) is 0 Å². The molecule has 2 aromatic carbocycles. The summed E-state index contributed by atoms with van der Waals surface area (Å²) in [4.78, 5) is 19.3. The molecule has 0 spiro atoms. The molecule has 0 amide bonds. The molecule has 0 radical (unpaired) electrons. The normalized spacial score (nSPS) is 12.2. The molecule has 48 heavy (non-hydrogen) atoms. The maximum absolute atomic E-state index is 14.5. The van der Waals surface area contributed by atoms with Crippen molar-refractivity contribution in [3.05, 3.63) is 68.8 Å². The molecule has 0 atom stereocenters. The Morgan fingerprint density at radius 1 is 0.729 bits per heavy atom. The number of hydrogen-bond donors (Lipinski definition) is 1. The van der Waals surface area contributed by atoms with Gasteiger partial charge in [-0.1, -0.05) is 51.0 Å². The van der Waals surface area contributed by atoms with Gasteiger partial charge in [-0.2, -0.15) is 0 Å². The molecule has 266 valence electrons. The number of nitrogens with zero attached hydrogens (tertiary/aromatic N) is 2. The van der Waals surface area contributed by atoms with Gasteiger partial charge in [0.25, 0.3) is 0 Å². The van der Waals surface area contributed by atoms with Gasteiger partial charge < -0.3 is 29.1 Å². The van der Waals surface area contributed by atoms with E-state index in [0.29, 0.717) is 66.4 Å². The lowest BCUT2D eigenvalue weighted by atomic mass is 9.79. The van der Waals surface area contributed by atoms with E-state index in [1.165, 1.54) is 0 Å². The van der Waals surface area contributed by atoms with E-state index in [-0.39, 0.29) is 11.5 Å². The van der Waals surface area contributed by atoms with Gasteiger partial charge in [-0.25, -0.2) is 0 Å². The minimum Gasteiger partial charge on any atom is -0.507 e. The van der Waals surface area contributed by atoms with Crippen LogP contribution in [0.5, 0.6) is 23.0 Å². The third-order valence-electron chi connectivity index (χ3n) is 9.38. The number of hydrogen-bond acceptors (Lipinski definition) is 7. The van der Waals surface area contributed by atoms with Gasteiger partial charge in [0.15, 0.2) is 17.3 Å². The van der Waals surface area contributed by atoms with Crippen LogP contribution in [0.1, 0.15) is 119 Å². The SMILES string of the molecule is CCN(CC)CCCCOc1cc2c(c(O)c1CC=C(C)C)C(=O)c1c(cc(OCCCCN(CC)CC)c(OC)c1CC=C(C)C)C2. The second kappa shape index (κ2) is 19.6. The molecule has 7 heteroatoms. The molecule has 0 aromatic heterocycles. The average molecular weight is 663 g/mol. The number of fused-ring (bicyclic) bond motifs is 2. The van der Waals surface area contributed by atoms with Gasteiger partial charge in [-0.05, 0) is 135 Å². The largest absolute Gasteiger partial charge is 0.507 e. The molecule has 1 aliphatic carbocycles. The summed E-state index contributed by atoms with van der Waals surface area (Å²) in [6.45, 7) is 24.4. The lowest BCUT2D eigenvalue weighted by molar-refractivity contribution is 0.103. The summed E-state index contributed by atoms with van der Waals surface area (Å²) in [6.07, 6.45) is 9.66. The van der Waals surface area contributed by atoms with Crippen molar-refractivity contribution in [1.82, 2.24) is 9.80 Å². The number of ether oxygens (including phenoxy) is 3. The van der Waals surface area contributed by atoms with Crippen molar-refractivity contribution in [2.45, 2.75) is 100 Å². The quantitative estimate of drug-likeness (QED) is 0.0905. The summed E-state index contributed by atoms with van der Waals surface area (Å²) in [5.74, 6) is 1.78. The van der Waals surface area contributed by atoms with Crippen LogP contribution in [-0.4, -0.2) is 80.3 Å². The van der Waals surface area contributed by atoms with Gasteiger partial charge in [0, 0.05) is 16.7 Å². The number of carbonyl (C=O) groups is 1.